The van der Waals surface area contributed by atoms with Gasteiger partial charge in [0.1, 0.15) is 0 Å². The Bertz CT molecular complexity index is 819. The predicted molar refractivity (Wildman–Crippen MR) is 118 cm³/mol. The highest BCUT2D eigenvalue weighted by atomic mass is 16.2. The second kappa shape index (κ2) is 7.95. The number of anilines is 1. The summed E-state index contributed by atoms with van der Waals surface area (Å²) in [5.74, 6) is 0.963. The molecule has 0 radical (unpaired) electrons. The van der Waals surface area contributed by atoms with Crippen LogP contribution in [0.2, 0.25) is 0 Å². The van der Waals surface area contributed by atoms with Crippen molar-refractivity contribution in [3.05, 3.63) is 18.5 Å². The van der Waals surface area contributed by atoms with Crippen molar-refractivity contribution in [3.63, 3.8) is 0 Å². The fourth-order valence-electron chi connectivity index (χ4n) is 6.52. The van der Waals surface area contributed by atoms with Crippen LogP contribution in [-0.2, 0) is 4.79 Å². The maximum absolute atomic E-state index is 13.4. The summed E-state index contributed by atoms with van der Waals surface area (Å²) in [4.78, 5) is 41.3. The first-order chi connectivity index (χ1) is 15.0. The number of likely N-dealkylation sites (tertiary alicyclic amines) is 2. The van der Waals surface area contributed by atoms with Gasteiger partial charge in [-0.25, -0.2) is 14.8 Å². The zero-order chi connectivity index (χ0) is 21.5. The predicted octanol–water partition coefficient (Wildman–Crippen LogP) is 2.27. The fraction of sp³-hybridized carbons (Fsp3) is 0.739. The number of hydrogen-bond acceptors (Lipinski definition) is 5. The van der Waals surface area contributed by atoms with E-state index in [0.29, 0.717) is 31.6 Å². The standard InChI is InChI=1S/C23H34N6O2/c1-27-13-10-23(19(27)30)17-29(20-24-11-5-12-25-20)16-22(23)8-14-28(15-9-22)21(31)26-18-6-3-2-4-7-18/h5,11-12,18H,2-4,6-10,13-17H2,1H3,(H,26,31). The highest BCUT2D eigenvalue weighted by Gasteiger charge is 2.65. The molecular weight excluding hydrogens is 392 g/mol. The number of hydrogen-bond donors (Lipinski definition) is 1. The van der Waals surface area contributed by atoms with Crippen LogP contribution in [0.15, 0.2) is 18.5 Å². The van der Waals surface area contributed by atoms with Crippen LogP contribution >= 0.6 is 0 Å². The molecule has 1 aromatic rings. The third kappa shape index (κ3) is 3.44. The van der Waals surface area contributed by atoms with Crippen LogP contribution in [0.3, 0.4) is 0 Å². The van der Waals surface area contributed by atoms with E-state index >= 15 is 0 Å². The van der Waals surface area contributed by atoms with Crippen molar-refractivity contribution < 1.29 is 9.59 Å². The van der Waals surface area contributed by atoms with Crippen molar-refractivity contribution in [3.8, 4) is 0 Å². The molecule has 1 saturated carbocycles. The van der Waals surface area contributed by atoms with Gasteiger partial charge in [0.2, 0.25) is 11.9 Å². The number of carbonyl (C=O) groups excluding carboxylic acids is 2. The monoisotopic (exact) mass is 426 g/mol. The highest BCUT2D eigenvalue weighted by molar-refractivity contribution is 5.87. The maximum atomic E-state index is 13.4. The number of carbonyl (C=O) groups is 2. The minimum absolute atomic E-state index is 0.0758. The van der Waals surface area contributed by atoms with Crippen LogP contribution in [0.25, 0.3) is 0 Å². The number of amides is 3. The lowest BCUT2D eigenvalue weighted by molar-refractivity contribution is -0.140. The van der Waals surface area contributed by atoms with Crippen molar-refractivity contribution in [1.29, 1.82) is 0 Å². The summed E-state index contributed by atoms with van der Waals surface area (Å²) in [6.45, 7) is 3.68. The van der Waals surface area contributed by atoms with Crippen LogP contribution in [-0.4, -0.2) is 77.5 Å². The van der Waals surface area contributed by atoms with Crippen molar-refractivity contribution >= 4 is 17.9 Å². The van der Waals surface area contributed by atoms with Crippen molar-refractivity contribution in [2.45, 2.75) is 57.4 Å². The molecular formula is C23H34N6O2. The zero-order valence-corrected chi connectivity index (χ0v) is 18.6. The third-order valence-electron chi connectivity index (χ3n) is 8.38. The van der Waals surface area contributed by atoms with Gasteiger partial charge in [-0.1, -0.05) is 19.3 Å². The molecule has 1 aliphatic carbocycles. The van der Waals surface area contributed by atoms with Crippen LogP contribution in [0, 0.1) is 10.8 Å². The number of aromatic nitrogens is 2. The molecule has 3 aliphatic heterocycles. The van der Waals surface area contributed by atoms with Gasteiger partial charge >= 0.3 is 6.03 Å². The molecule has 168 valence electrons. The minimum Gasteiger partial charge on any atom is -0.345 e. The van der Waals surface area contributed by atoms with Crippen LogP contribution < -0.4 is 10.2 Å². The van der Waals surface area contributed by atoms with E-state index in [1.54, 1.807) is 12.4 Å². The summed E-state index contributed by atoms with van der Waals surface area (Å²) >= 11 is 0. The molecule has 3 amide bonds. The molecule has 2 spiro atoms. The van der Waals surface area contributed by atoms with E-state index in [-0.39, 0.29) is 17.4 Å². The Morgan fingerprint density at radius 2 is 1.74 bits per heavy atom. The molecule has 1 N–H and O–H groups in total. The van der Waals surface area contributed by atoms with Gasteiger partial charge in [0.05, 0.1) is 5.41 Å². The Labute approximate surface area is 184 Å². The van der Waals surface area contributed by atoms with Crippen molar-refractivity contribution in [2.24, 2.45) is 10.8 Å². The van der Waals surface area contributed by atoms with E-state index in [4.69, 9.17) is 0 Å². The molecule has 31 heavy (non-hydrogen) atoms. The second-order valence-electron chi connectivity index (χ2n) is 10.0. The average Bonchev–Trinajstić information content (AvgIpc) is 3.28. The topological polar surface area (TPSA) is 81.7 Å². The lowest BCUT2D eigenvalue weighted by Crippen LogP contribution is -2.55. The largest absolute Gasteiger partial charge is 0.345 e. The summed E-state index contributed by atoms with van der Waals surface area (Å²) in [6, 6.07) is 2.22. The van der Waals surface area contributed by atoms with Crippen LogP contribution in [0.1, 0.15) is 51.4 Å². The average molecular weight is 427 g/mol. The molecule has 3 saturated heterocycles. The molecule has 4 heterocycles. The number of urea groups is 1. The molecule has 0 aromatic carbocycles. The lowest BCUT2D eigenvalue weighted by atomic mass is 9.60. The smallest absolute Gasteiger partial charge is 0.317 e. The lowest BCUT2D eigenvalue weighted by Gasteiger charge is -2.46. The highest BCUT2D eigenvalue weighted by Crippen LogP contribution is 2.58. The van der Waals surface area contributed by atoms with Gasteiger partial charge in [-0.05, 0) is 38.2 Å². The molecule has 4 aliphatic rings. The van der Waals surface area contributed by atoms with E-state index in [2.05, 4.69) is 20.2 Å². The van der Waals surface area contributed by atoms with Gasteiger partial charge in [0, 0.05) is 63.6 Å². The Hall–Kier alpha value is -2.38. The van der Waals surface area contributed by atoms with Gasteiger partial charge in [-0.3, -0.25) is 4.79 Å². The molecule has 1 atom stereocenters. The van der Waals surface area contributed by atoms with Crippen molar-refractivity contribution in [1.82, 2.24) is 25.1 Å². The number of piperidine rings is 1. The summed E-state index contributed by atoms with van der Waals surface area (Å²) in [5.41, 5.74) is -0.525. The molecule has 8 nitrogen and oxygen atoms in total. The first-order valence-corrected chi connectivity index (χ1v) is 11.9. The quantitative estimate of drug-likeness (QED) is 0.785. The Morgan fingerprint density at radius 1 is 1.03 bits per heavy atom. The van der Waals surface area contributed by atoms with E-state index in [1.807, 2.05) is 22.9 Å². The Morgan fingerprint density at radius 3 is 2.39 bits per heavy atom. The molecule has 1 unspecified atom stereocenters. The first kappa shape index (κ1) is 20.5. The first-order valence-electron chi connectivity index (χ1n) is 11.9. The molecule has 8 heteroatoms. The summed E-state index contributed by atoms with van der Waals surface area (Å²) < 4.78 is 0. The van der Waals surface area contributed by atoms with Crippen molar-refractivity contribution in [2.75, 3.05) is 44.7 Å². The molecule has 0 bridgehead atoms. The minimum atomic E-state index is -0.396. The number of nitrogens with zero attached hydrogens (tertiary/aromatic N) is 5. The molecule has 4 fully saturated rings. The fourth-order valence-corrected chi connectivity index (χ4v) is 6.52. The Balaban J connectivity index is 1.32. The van der Waals surface area contributed by atoms with Crippen LogP contribution in [0.5, 0.6) is 0 Å². The third-order valence-corrected chi connectivity index (χ3v) is 8.38. The van der Waals surface area contributed by atoms with Gasteiger partial charge in [0.15, 0.2) is 0 Å². The SMILES string of the molecule is CN1CCC2(CN(c3ncccn3)CC23CCN(C(=O)NC2CCCCC2)CC3)C1=O. The van der Waals surface area contributed by atoms with E-state index in [1.165, 1.54) is 19.3 Å². The number of rotatable bonds is 2. The van der Waals surface area contributed by atoms with Gasteiger partial charge in [-0.2, -0.15) is 0 Å². The zero-order valence-electron chi connectivity index (χ0n) is 18.6. The maximum Gasteiger partial charge on any atom is 0.317 e. The second-order valence-corrected chi connectivity index (χ2v) is 10.0. The molecule has 1 aromatic heterocycles. The van der Waals surface area contributed by atoms with Gasteiger partial charge in [0.25, 0.3) is 0 Å². The summed E-state index contributed by atoms with van der Waals surface area (Å²) in [5, 5.41) is 3.26. The van der Waals surface area contributed by atoms with E-state index in [0.717, 1.165) is 45.2 Å². The number of fused-ring (bicyclic) bond motifs is 1. The van der Waals surface area contributed by atoms with Gasteiger partial charge < -0.3 is 20.0 Å². The normalized spacial score (nSPS) is 28.7. The Kier molecular flexibility index (Phi) is 5.26. The van der Waals surface area contributed by atoms with E-state index < -0.39 is 5.41 Å². The van der Waals surface area contributed by atoms with E-state index in [9.17, 15) is 9.59 Å². The molecule has 5 rings (SSSR count). The summed E-state index contributed by atoms with van der Waals surface area (Å²) in [6.07, 6.45) is 12.0. The van der Waals surface area contributed by atoms with Gasteiger partial charge in [-0.15, -0.1) is 0 Å². The summed E-state index contributed by atoms with van der Waals surface area (Å²) in [7, 11) is 1.92. The number of nitrogens with one attached hydrogen (secondary N) is 1. The van der Waals surface area contributed by atoms with Crippen LogP contribution in [0.4, 0.5) is 10.7 Å².